The first-order valence-corrected chi connectivity index (χ1v) is 8.00. The lowest BCUT2D eigenvalue weighted by Crippen LogP contribution is -2.35. The van der Waals surface area contributed by atoms with Gasteiger partial charge in [0, 0.05) is 25.5 Å². The molecule has 0 atom stereocenters. The number of carbonyl (C=O) groups is 1. The molecule has 1 saturated carbocycles. The summed E-state index contributed by atoms with van der Waals surface area (Å²) in [5, 5.41) is 0.557. The summed E-state index contributed by atoms with van der Waals surface area (Å²) in [6.07, 6.45) is 8.47. The van der Waals surface area contributed by atoms with E-state index in [9.17, 15) is 4.79 Å². The molecule has 116 valence electrons. The minimum absolute atomic E-state index is 0.366. The molecule has 2 aliphatic rings. The summed E-state index contributed by atoms with van der Waals surface area (Å²) in [6, 6.07) is 1.85. The Morgan fingerprint density at radius 3 is 2.68 bits per heavy atom. The molecule has 1 spiro atoms. The van der Waals surface area contributed by atoms with Crippen molar-refractivity contribution in [2.75, 3.05) is 25.1 Å². The van der Waals surface area contributed by atoms with Gasteiger partial charge in [0.25, 0.3) is 0 Å². The van der Waals surface area contributed by atoms with Crippen molar-refractivity contribution in [2.24, 2.45) is 5.41 Å². The number of esters is 1. The number of anilines is 1. The van der Waals surface area contributed by atoms with Gasteiger partial charge in [-0.25, -0.2) is 9.78 Å². The van der Waals surface area contributed by atoms with Crippen LogP contribution in [0.4, 0.5) is 5.69 Å². The van der Waals surface area contributed by atoms with E-state index in [2.05, 4.69) is 9.88 Å². The average Bonchev–Trinajstić information content (AvgIpc) is 3.10. The van der Waals surface area contributed by atoms with Gasteiger partial charge < -0.3 is 9.64 Å². The Morgan fingerprint density at radius 2 is 2.05 bits per heavy atom. The molecule has 2 fully saturated rings. The quantitative estimate of drug-likeness (QED) is 0.630. The highest BCUT2D eigenvalue weighted by molar-refractivity contribution is 6.30. The molecule has 3 heterocycles. The number of halogens is 1. The minimum atomic E-state index is -0.366. The molecule has 1 saturated heterocycles. The number of nitrogens with zero attached hydrogens (tertiary/aromatic N) is 3. The molecule has 6 heteroatoms. The van der Waals surface area contributed by atoms with E-state index in [1.165, 1.54) is 32.8 Å². The maximum atomic E-state index is 12.3. The van der Waals surface area contributed by atoms with Crippen LogP contribution in [-0.4, -0.2) is 35.6 Å². The Kier molecular flexibility index (Phi) is 3.08. The van der Waals surface area contributed by atoms with E-state index in [0.717, 1.165) is 18.8 Å². The fraction of sp³-hybridized carbons (Fsp3) is 0.500. The summed E-state index contributed by atoms with van der Waals surface area (Å²) in [4.78, 5) is 18.8. The van der Waals surface area contributed by atoms with Crippen molar-refractivity contribution < 1.29 is 9.53 Å². The molecule has 0 radical (unpaired) electrons. The normalized spacial score (nSPS) is 19.6. The van der Waals surface area contributed by atoms with Crippen LogP contribution in [-0.2, 0) is 4.74 Å². The Hall–Kier alpha value is -1.75. The number of piperidine rings is 1. The maximum Gasteiger partial charge on any atom is 0.343 e. The van der Waals surface area contributed by atoms with Crippen LogP contribution in [0.5, 0.6) is 0 Å². The second-order valence-corrected chi connectivity index (χ2v) is 6.71. The summed E-state index contributed by atoms with van der Waals surface area (Å²) in [7, 11) is 1.40. The lowest BCUT2D eigenvalue weighted by atomic mass is 9.93. The molecule has 2 aromatic rings. The third kappa shape index (κ3) is 2.07. The topological polar surface area (TPSA) is 46.8 Å². The number of ether oxygens (including phenoxy) is 1. The first-order chi connectivity index (χ1) is 10.6. The highest BCUT2D eigenvalue weighted by Gasteiger charge is 2.44. The van der Waals surface area contributed by atoms with Crippen LogP contribution in [0, 0.1) is 5.41 Å². The highest BCUT2D eigenvalue weighted by Crippen LogP contribution is 2.54. The monoisotopic (exact) mass is 319 g/mol. The lowest BCUT2D eigenvalue weighted by Gasteiger charge is -2.34. The van der Waals surface area contributed by atoms with E-state index in [1.807, 2.05) is 6.07 Å². The molecule has 1 aliphatic carbocycles. The Bertz CT molecular complexity index is 741. The van der Waals surface area contributed by atoms with Crippen molar-refractivity contribution in [2.45, 2.75) is 25.7 Å². The molecule has 0 bridgehead atoms. The number of pyridine rings is 1. The zero-order valence-corrected chi connectivity index (χ0v) is 13.3. The number of imidazole rings is 1. The number of aromatic nitrogens is 2. The van der Waals surface area contributed by atoms with Crippen LogP contribution in [0.3, 0.4) is 0 Å². The van der Waals surface area contributed by atoms with Gasteiger partial charge in [0.05, 0.1) is 12.8 Å². The molecule has 0 amide bonds. The molecule has 4 rings (SSSR count). The summed E-state index contributed by atoms with van der Waals surface area (Å²) in [5.41, 5.74) is 2.49. The first-order valence-electron chi connectivity index (χ1n) is 7.62. The predicted molar refractivity (Wildman–Crippen MR) is 84.7 cm³/mol. The summed E-state index contributed by atoms with van der Waals surface area (Å²) in [6.45, 7) is 1.91. The highest BCUT2D eigenvalue weighted by atomic mass is 35.5. The first kappa shape index (κ1) is 13.9. The van der Waals surface area contributed by atoms with Gasteiger partial charge in [-0.2, -0.15) is 0 Å². The zero-order valence-electron chi connectivity index (χ0n) is 12.5. The number of rotatable bonds is 2. The molecule has 0 aromatic carbocycles. The maximum absolute atomic E-state index is 12.3. The number of fused-ring (bicyclic) bond motifs is 1. The van der Waals surface area contributed by atoms with Gasteiger partial charge in [-0.1, -0.05) is 11.6 Å². The van der Waals surface area contributed by atoms with Crippen LogP contribution < -0.4 is 4.90 Å². The van der Waals surface area contributed by atoms with E-state index in [1.54, 1.807) is 16.8 Å². The molecule has 22 heavy (non-hydrogen) atoms. The molecular formula is C16H18ClN3O2. The number of hydrogen-bond acceptors (Lipinski definition) is 4. The van der Waals surface area contributed by atoms with Gasteiger partial charge >= 0.3 is 5.97 Å². The summed E-state index contributed by atoms with van der Waals surface area (Å²) in [5.74, 6) is -0.366. The number of methoxy groups -OCH3 is 1. The van der Waals surface area contributed by atoms with Crippen molar-refractivity contribution in [3.05, 3.63) is 29.2 Å². The van der Waals surface area contributed by atoms with E-state index in [4.69, 9.17) is 16.3 Å². The molecule has 1 aliphatic heterocycles. The largest absolute Gasteiger partial charge is 0.465 e. The van der Waals surface area contributed by atoms with Crippen molar-refractivity contribution in [1.29, 1.82) is 0 Å². The third-order valence-electron chi connectivity index (χ3n) is 5.12. The number of carbonyl (C=O) groups excluding carboxylic acids is 1. The lowest BCUT2D eigenvalue weighted by molar-refractivity contribution is 0.0603. The minimum Gasteiger partial charge on any atom is -0.465 e. The SMILES string of the molecule is COC(=O)c1c(N2CCC3(CC2)CC3)cc(Cl)n2ccnc12. The van der Waals surface area contributed by atoms with Crippen molar-refractivity contribution in [3.8, 4) is 0 Å². The average molecular weight is 320 g/mol. The molecule has 5 nitrogen and oxygen atoms in total. The van der Waals surface area contributed by atoms with Crippen LogP contribution >= 0.6 is 11.6 Å². The van der Waals surface area contributed by atoms with Gasteiger partial charge in [0.15, 0.2) is 5.65 Å². The van der Waals surface area contributed by atoms with Gasteiger partial charge in [0.2, 0.25) is 0 Å². The van der Waals surface area contributed by atoms with Crippen molar-refractivity contribution >= 4 is 28.9 Å². The van der Waals surface area contributed by atoms with Crippen molar-refractivity contribution in [3.63, 3.8) is 0 Å². The fourth-order valence-electron chi connectivity index (χ4n) is 3.48. The van der Waals surface area contributed by atoms with Crippen LogP contribution in [0.15, 0.2) is 18.5 Å². The van der Waals surface area contributed by atoms with Crippen LogP contribution in [0.2, 0.25) is 5.15 Å². The second-order valence-electron chi connectivity index (χ2n) is 6.33. The van der Waals surface area contributed by atoms with E-state index >= 15 is 0 Å². The van der Waals surface area contributed by atoms with Crippen molar-refractivity contribution in [1.82, 2.24) is 9.38 Å². The second kappa shape index (κ2) is 4.88. The summed E-state index contributed by atoms with van der Waals surface area (Å²) < 4.78 is 6.69. The molecule has 0 unspecified atom stereocenters. The standard InChI is InChI=1S/C16H18ClN3O2/c1-22-15(21)13-11(10-12(17)20-9-6-18-14(13)20)19-7-4-16(2-3-16)5-8-19/h6,9-10H,2-5,7-8H2,1H3. The van der Waals surface area contributed by atoms with E-state index < -0.39 is 0 Å². The van der Waals surface area contributed by atoms with Gasteiger partial charge in [-0.05, 0) is 37.2 Å². The van der Waals surface area contributed by atoms with Gasteiger partial charge in [-0.15, -0.1) is 0 Å². The Labute approximate surface area is 133 Å². The summed E-state index contributed by atoms with van der Waals surface area (Å²) >= 11 is 6.36. The molecule has 2 aromatic heterocycles. The molecule has 0 N–H and O–H groups in total. The van der Waals surface area contributed by atoms with Crippen LogP contribution in [0.1, 0.15) is 36.0 Å². The van der Waals surface area contributed by atoms with E-state index in [-0.39, 0.29) is 5.97 Å². The molecular weight excluding hydrogens is 302 g/mol. The third-order valence-corrected chi connectivity index (χ3v) is 5.41. The Morgan fingerprint density at radius 1 is 1.32 bits per heavy atom. The Balaban J connectivity index is 1.80. The smallest absolute Gasteiger partial charge is 0.343 e. The van der Waals surface area contributed by atoms with Gasteiger partial charge in [-0.3, -0.25) is 4.40 Å². The van der Waals surface area contributed by atoms with Gasteiger partial charge in [0.1, 0.15) is 10.7 Å². The predicted octanol–water partition coefficient (Wildman–Crippen LogP) is 3.15. The fourth-order valence-corrected chi connectivity index (χ4v) is 3.72. The van der Waals surface area contributed by atoms with Crippen LogP contribution in [0.25, 0.3) is 5.65 Å². The van der Waals surface area contributed by atoms with E-state index in [0.29, 0.717) is 21.8 Å². The zero-order chi connectivity index (χ0) is 15.3. The number of hydrogen-bond donors (Lipinski definition) is 0.